The molecule has 1 fully saturated rings. The van der Waals surface area contributed by atoms with E-state index in [1.165, 1.54) is 10.9 Å². The molecule has 0 aliphatic carbocycles. The minimum Gasteiger partial charge on any atom is -0.346 e. The second kappa shape index (κ2) is 9.19. The van der Waals surface area contributed by atoms with Crippen molar-refractivity contribution in [2.24, 2.45) is 0 Å². The molecule has 2 aromatic carbocycles. The lowest BCUT2D eigenvalue weighted by Crippen LogP contribution is -2.48. The summed E-state index contributed by atoms with van der Waals surface area (Å²) in [4.78, 5) is 34.5. The molecular formula is C23H27N5O2. The van der Waals surface area contributed by atoms with Crippen LogP contribution in [0.25, 0.3) is 10.9 Å². The third-order valence-electron chi connectivity index (χ3n) is 5.62. The van der Waals surface area contributed by atoms with Gasteiger partial charge in [0, 0.05) is 32.7 Å². The summed E-state index contributed by atoms with van der Waals surface area (Å²) in [6.07, 6.45) is 1.45. The second-order valence-electron chi connectivity index (χ2n) is 7.83. The van der Waals surface area contributed by atoms with Crippen LogP contribution in [-0.2, 0) is 11.3 Å². The summed E-state index contributed by atoms with van der Waals surface area (Å²) < 4.78 is 1.37. The van der Waals surface area contributed by atoms with Crippen LogP contribution in [0, 0.1) is 0 Å². The van der Waals surface area contributed by atoms with E-state index in [0.717, 1.165) is 38.3 Å². The van der Waals surface area contributed by atoms with Gasteiger partial charge in [0.15, 0.2) is 0 Å². The number of amides is 1. The molecule has 1 saturated heterocycles. The van der Waals surface area contributed by atoms with E-state index in [1.807, 2.05) is 36.4 Å². The lowest BCUT2D eigenvalue weighted by Gasteiger charge is -2.35. The summed E-state index contributed by atoms with van der Waals surface area (Å²) in [6.45, 7) is 4.69. The van der Waals surface area contributed by atoms with Crippen LogP contribution >= 0.6 is 0 Å². The number of likely N-dealkylation sites (N-methyl/N-ethyl adjacent to an activating group) is 1. The summed E-state index contributed by atoms with van der Waals surface area (Å²) in [5.41, 5.74) is 1.50. The van der Waals surface area contributed by atoms with E-state index in [9.17, 15) is 9.59 Å². The molecule has 156 valence electrons. The summed E-state index contributed by atoms with van der Waals surface area (Å²) in [7, 11) is 2.13. The number of para-hydroxylation sites is 1. The quantitative estimate of drug-likeness (QED) is 0.673. The molecule has 0 spiro atoms. The van der Waals surface area contributed by atoms with Crippen LogP contribution in [0.5, 0.6) is 0 Å². The van der Waals surface area contributed by atoms with Crippen molar-refractivity contribution in [1.29, 1.82) is 0 Å². The van der Waals surface area contributed by atoms with Crippen LogP contribution in [0.15, 0.2) is 65.7 Å². The molecule has 1 N–H and O–H groups in total. The Morgan fingerprint density at radius 2 is 1.73 bits per heavy atom. The summed E-state index contributed by atoms with van der Waals surface area (Å²) in [5.74, 6) is -0.197. The van der Waals surface area contributed by atoms with Crippen molar-refractivity contribution in [3.8, 4) is 0 Å². The number of hydrogen-bond donors (Lipinski definition) is 1. The van der Waals surface area contributed by atoms with Crippen molar-refractivity contribution < 1.29 is 4.79 Å². The standard InChI is InChI=1S/C23H27N5O2/c1-26-11-13-27(14-12-26)15-21(18-7-3-2-4-8-18)25-22(29)16-28-17-24-20-10-6-5-9-19(20)23(28)30/h2-10,17,21H,11-16H2,1H3,(H,25,29). The molecule has 1 unspecified atom stereocenters. The highest BCUT2D eigenvalue weighted by molar-refractivity contribution is 5.79. The average Bonchev–Trinajstić information content (AvgIpc) is 2.77. The number of hydrogen-bond acceptors (Lipinski definition) is 5. The van der Waals surface area contributed by atoms with E-state index in [0.29, 0.717) is 10.9 Å². The maximum atomic E-state index is 12.9. The first-order valence-corrected chi connectivity index (χ1v) is 10.3. The molecule has 1 atom stereocenters. The average molecular weight is 406 g/mol. The number of piperazine rings is 1. The predicted octanol–water partition coefficient (Wildman–Crippen LogP) is 1.50. The second-order valence-corrected chi connectivity index (χ2v) is 7.83. The molecule has 0 bridgehead atoms. The molecule has 3 aromatic rings. The molecule has 1 aliphatic heterocycles. The number of carbonyl (C=O) groups excluding carboxylic acids is 1. The van der Waals surface area contributed by atoms with Gasteiger partial charge in [-0.3, -0.25) is 19.1 Å². The Balaban J connectivity index is 1.49. The van der Waals surface area contributed by atoms with Gasteiger partial charge in [-0.2, -0.15) is 0 Å². The van der Waals surface area contributed by atoms with Crippen LogP contribution in [-0.4, -0.2) is 65.0 Å². The molecular weight excluding hydrogens is 378 g/mol. The van der Waals surface area contributed by atoms with Crippen LogP contribution in [0.2, 0.25) is 0 Å². The SMILES string of the molecule is CN1CCN(CC(NC(=O)Cn2cnc3ccccc3c2=O)c2ccccc2)CC1. The zero-order valence-electron chi connectivity index (χ0n) is 17.2. The van der Waals surface area contributed by atoms with Crippen molar-refractivity contribution in [1.82, 2.24) is 24.7 Å². The summed E-state index contributed by atoms with van der Waals surface area (Å²) in [6, 6.07) is 17.0. The van der Waals surface area contributed by atoms with Gasteiger partial charge in [-0.15, -0.1) is 0 Å². The normalized spacial score (nSPS) is 16.4. The zero-order valence-corrected chi connectivity index (χ0v) is 17.2. The van der Waals surface area contributed by atoms with Gasteiger partial charge in [0.1, 0.15) is 6.54 Å². The van der Waals surface area contributed by atoms with E-state index in [4.69, 9.17) is 0 Å². The molecule has 0 radical (unpaired) electrons. The number of nitrogens with one attached hydrogen (secondary N) is 1. The van der Waals surface area contributed by atoms with Crippen LogP contribution in [0.1, 0.15) is 11.6 Å². The molecule has 4 rings (SSSR count). The smallest absolute Gasteiger partial charge is 0.261 e. The predicted molar refractivity (Wildman–Crippen MR) is 117 cm³/mol. The third kappa shape index (κ3) is 4.75. The van der Waals surface area contributed by atoms with Gasteiger partial charge in [-0.25, -0.2) is 4.98 Å². The first-order chi connectivity index (χ1) is 14.6. The molecule has 7 heteroatoms. The molecule has 2 heterocycles. The Labute approximate surface area is 175 Å². The summed E-state index contributed by atoms with van der Waals surface area (Å²) in [5, 5.41) is 3.65. The first kappa shape index (κ1) is 20.3. The Morgan fingerprint density at radius 3 is 2.50 bits per heavy atom. The van der Waals surface area contributed by atoms with Gasteiger partial charge >= 0.3 is 0 Å². The minimum absolute atomic E-state index is 0.0528. The van der Waals surface area contributed by atoms with E-state index >= 15 is 0 Å². The van der Waals surface area contributed by atoms with Gasteiger partial charge in [0.05, 0.1) is 23.3 Å². The van der Waals surface area contributed by atoms with Crippen LogP contribution < -0.4 is 10.9 Å². The Hall–Kier alpha value is -3.03. The molecule has 1 aliphatic rings. The lowest BCUT2D eigenvalue weighted by atomic mass is 10.1. The number of aromatic nitrogens is 2. The fourth-order valence-corrected chi connectivity index (χ4v) is 3.82. The minimum atomic E-state index is -0.203. The number of nitrogens with zero attached hydrogens (tertiary/aromatic N) is 4. The fraction of sp³-hybridized carbons (Fsp3) is 0.348. The maximum Gasteiger partial charge on any atom is 0.261 e. The number of fused-ring (bicyclic) bond motifs is 1. The lowest BCUT2D eigenvalue weighted by molar-refractivity contribution is -0.122. The fourth-order valence-electron chi connectivity index (χ4n) is 3.82. The number of carbonyl (C=O) groups is 1. The van der Waals surface area contributed by atoms with E-state index in [2.05, 4.69) is 27.1 Å². The van der Waals surface area contributed by atoms with Crippen molar-refractivity contribution >= 4 is 16.8 Å². The Bertz CT molecular complexity index is 1060. The van der Waals surface area contributed by atoms with Gasteiger partial charge in [-0.1, -0.05) is 42.5 Å². The highest BCUT2D eigenvalue weighted by Crippen LogP contribution is 2.15. The van der Waals surface area contributed by atoms with E-state index in [1.54, 1.807) is 18.2 Å². The van der Waals surface area contributed by atoms with E-state index < -0.39 is 0 Å². The zero-order chi connectivity index (χ0) is 20.9. The highest BCUT2D eigenvalue weighted by Gasteiger charge is 2.21. The van der Waals surface area contributed by atoms with Gasteiger partial charge < -0.3 is 10.2 Å². The molecule has 1 aromatic heterocycles. The number of benzene rings is 2. The maximum absolute atomic E-state index is 12.9. The first-order valence-electron chi connectivity index (χ1n) is 10.3. The molecule has 1 amide bonds. The molecule has 0 saturated carbocycles. The Morgan fingerprint density at radius 1 is 1.03 bits per heavy atom. The van der Waals surface area contributed by atoms with Crippen molar-refractivity contribution in [3.05, 3.63) is 76.8 Å². The van der Waals surface area contributed by atoms with Crippen molar-refractivity contribution in [2.45, 2.75) is 12.6 Å². The highest BCUT2D eigenvalue weighted by atomic mass is 16.2. The van der Waals surface area contributed by atoms with Crippen molar-refractivity contribution in [2.75, 3.05) is 39.8 Å². The monoisotopic (exact) mass is 405 g/mol. The number of rotatable bonds is 6. The van der Waals surface area contributed by atoms with Gasteiger partial charge in [0.2, 0.25) is 5.91 Å². The Kier molecular flexibility index (Phi) is 6.21. The van der Waals surface area contributed by atoms with Crippen LogP contribution in [0.3, 0.4) is 0 Å². The van der Waals surface area contributed by atoms with Gasteiger partial charge in [0.25, 0.3) is 5.56 Å². The third-order valence-corrected chi connectivity index (χ3v) is 5.62. The van der Waals surface area contributed by atoms with Crippen molar-refractivity contribution in [3.63, 3.8) is 0 Å². The topological polar surface area (TPSA) is 70.5 Å². The van der Waals surface area contributed by atoms with Gasteiger partial charge in [-0.05, 0) is 24.7 Å². The van der Waals surface area contributed by atoms with Crippen LogP contribution in [0.4, 0.5) is 0 Å². The molecule has 30 heavy (non-hydrogen) atoms. The summed E-state index contributed by atoms with van der Waals surface area (Å²) >= 11 is 0. The largest absolute Gasteiger partial charge is 0.346 e. The van der Waals surface area contributed by atoms with E-state index in [-0.39, 0.29) is 24.1 Å². The molecule has 7 nitrogen and oxygen atoms in total.